The van der Waals surface area contributed by atoms with E-state index in [4.69, 9.17) is 16.0 Å². The Morgan fingerprint density at radius 3 is 2.37 bits per heavy atom. The van der Waals surface area contributed by atoms with Gasteiger partial charge in [-0.2, -0.15) is 13.2 Å². The highest BCUT2D eigenvalue weighted by atomic mass is 35.5. The average Bonchev–Trinajstić information content (AvgIpc) is 2.98. The van der Waals surface area contributed by atoms with Crippen LogP contribution < -0.4 is 5.32 Å². The number of hydrogen-bond acceptors (Lipinski definition) is 2. The number of rotatable bonds is 3. The lowest BCUT2D eigenvalue weighted by atomic mass is 10.1. The van der Waals surface area contributed by atoms with Gasteiger partial charge in [0.05, 0.1) is 16.1 Å². The van der Waals surface area contributed by atoms with Crippen molar-refractivity contribution in [3.63, 3.8) is 0 Å². The Bertz CT molecular complexity index is 994. The van der Waals surface area contributed by atoms with Crippen molar-refractivity contribution in [1.82, 2.24) is 0 Å². The summed E-state index contributed by atoms with van der Waals surface area (Å²) in [5.74, 6) is -0.440. The van der Waals surface area contributed by atoms with Gasteiger partial charge in [-0.25, -0.2) is 4.39 Å². The number of carbonyl (C=O) groups is 1. The third-order valence-corrected chi connectivity index (χ3v) is 4.15. The average molecular weight is 398 g/mol. The Balaban J connectivity index is 1.86. The lowest BCUT2D eigenvalue weighted by molar-refractivity contribution is -0.137. The highest BCUT2D eigenvalue weighted by molar-refractivity contribution is 6.31. The Hall–Kier alpha value is -2.80. The molecule has 0 unspecified atom stereocenters. The van der Waals surface area contributed by atoms with Crippen molar-refractivity contribution in [2.24, 2.45) is 0 Å². The zero-order chi connectivity index (χ0) is 19.8. The molecule has 0 aliphatic rings. The Morgan fingerprint density at radius 1 is 1.07 bits per heavy atom. The van der Waals surface area contributed by atoms with Crippen LogP contribution in [0.5, 0.6) is 0 Å². The van der Waals surface area contributed by atoms with Crippen LogP contribution >= 0.6 is 11.6 Å². The largest absolute Gasteiger partial charge is 0.461 e. The van der Waals surface area contributed by atoms with Crippen molar-refractivity contribution in [2.45, 2.75) is 13.1 Å². The smallest absolute Gasteiger partial charge is 0.417 e. The van der Waals surface area contributed by atoms with Crippen LogP contribution in [0.3, 0.4) is 0 Å². The van der Waals surface area contributed by atoms with Crippen LogP contribution in [0.1, 0.15) is 21.7 Å². The van der Waals surface area contributed by atoms with Gasteiger partial charge in [0.1, 0.15) is 17.3 Å². The van der Waals surface area contributed by atoms with Crippen molar-refractivity contribution in [2.75, 3.05) is 5.32 Å². The first-order valence-corrected chi connectivity index (χ1v) is 8.07. The highest BCUT2D eigenvalue weighted by Crippen LogP contribution is 2.36. The summed E-state index contributed by atoms with van der Waals surface area (Å²) in [6.07, 6.45) is -4.64. The SMILES string of the molecule is Cc1oc(-c2ccc(F)cc2)cc1C(=O)Nc1ccc(Cl)c(C(F)(F)F)c1. The number of amides is 1. The summed E-state index contributed by atoms with van der Waals surface area (Å²) >= 11 is 5.57. The fourth-order valence-electron chi connectivity index (χ4n) is 2.48. The van der Waals surface area contributed by atoms with Gasteiger partial charge >= 0.3 is 6.18 Å². The standard InChI is InChI=1S/C19H12ClF4NO2/c1-10-14(9-17(27-10)11-2-4-12(21)5-3-11)18(26)25-13-6-7-16(20)15(8-13)19(22,23)24/h2-9H,1H3,(H,25,26). The van der Waals surface area contributed by atoms with E-state index in [1.807, 2.05) is 0 Å². The Labute approximate surface area is 156 Å². The molecule has 3 nitrogen and oxygen atoms in total. The van der Waals surface area contributed by atoms with Crippen molar-refractivity contribution in [3.8, 4) is 11.3 Å². The zero-order valence-corrected chi connectivity index (χ0v) is 14.6. The second-order valence-corrected chi connectivity index (χ2v) is 6.14. The third-order valence-electron chi connectivity index (χ3n) is 3.82. The normalized spacial score (nSPS) is 11.5. The zero-order valence-electron chi connectivity index (χ0n) is 13.8. The monoisotopic (exact) mass is 397 g/mol. The molecule has 0 saturated carbocycles. The lowest BCUT2D eigenvalue weighted by Crippen LogP contribution is -2.13. The lowest BCUT2D eigenvalue weighted by Gasteiger charge is -2.11. The quantitative estimate of drug-likeness (QED) is 0.525. The predicted molar refractivity (Wildman–Crippen MR) is 93.2 cm³/mol. The van der Waals surface area contributed by atoms with E-state index in [9.17, 15) is 22.4 Å². The molecule has 2 aromatic carbocycles. The number of nitrogens with one attached hydrogen (secondary N) is 1. The first kappa shape index (κ1) is 19.0. The summed E-state index contributed by atoms with van der Waals surface area (Å²) in [5.41, 5.74) is -0.388. The molecule has 3 rings (SSSR count). The molecule has 0 fully saturated rings. The van der Waals surface area contributed by atoms with Crippen molar-refractivity contribution < 1.29 is 26.8 Å². The van der Waals surface area contributed by atoms with Gasteiger partial charge in [-0.3, -0.25) is 4.79 Å². The highest BCUT2D eigenvalue weighted by Gasteiger charge is 2.33. The van der Waals surface area contributed by atoms with E-state index in [1.54, 1.807) is 6.92 Å². The summed E-state index contributed by atoms with van der Waals surface area (Å²) in [7, 11) is 0. The van der Waals surface area contributed by atoms with Crippen LogP contribution in [0, 0.1) is 12.7 Å². The number of aryl methyl sites for hydroxylation is 1. The van der Waals surface area contributed by atoms with Crippen molar-refractivity contribution in [1.29, 1.82) is 0 Å². The van der Waals surface area contributed by atoms with Crippen LogP contribution in [-0.2, 0) is 6.18 Å². The predicted octanol–water partition coefficient (Wildman–Crippen LogP) is 6.32. The van der Waals surface area contributed by atoms with Gasteiger partial charge < -0.3 is 9.73 Å². The minimum atomic E-state index is -4.64. The van der Waals surface area contributed by atoms with E-state index < -0.39 is 28.5 Å². The van der Waals surface area contributed by atoms with Crippen LogP contribution in [0.4, 0.5) is 23.2 Å². The second kappa shape index (κ2) is 7.08. The molecular weight excluding hydrogens is 386 g/mol. The molecule has 0 aliphatic heterocycles. The van der Waals surface area contributed by atoms with E-state index in [0.717, 1.165) is 12.1 Å². The van der Waals surface area contributed by atoms with E-state index in [2.05, 4.69) is 5.32 Å². The molecule has 27 heavy (non-hydrogen) atoms. The first-order valence-electron chi connectivity index (χ1n) is 7.69. The van der Waals surface area contributed by atoms with E-state index in [0.29, 0.717) is 11.3 Å². The maximum absolute atomic E-state index is 13.0. The molecule has 8 heteroatoms. The molecule has 0 bridgehead atoms. The van der Waals surface area contributed by atoms with Gasteiger partial charge in [0.2, 0.25) is 0 Å². The van der Waals surface area contributed by atoms with Gasteiger partial charge in [-0.05, 0) is 55.5 Å². The number of alkyl halides is 3. The summed E-state index contributed by atoms with van der Waals surface area (Å²) < 4.78 is 57.3. The fraction of sp³-hybridized carbons (Fsp3) is 0.105. The molecule has 1 heterocycles. The van der Waals surface area contributed by atoms with Crippen LogP contribution in [0.2, 0.25) is 5.02 Å². The van der Waals surface area contributed by atoms with Crippen molar-refractivity contribution in [3.05, 3.63) is 76.3 Å². The topological polar surface area (TPSA) is 42.2 Å². The number of anilines is 1. The maximum Gasteiger partial charge on any atom is 0.417 e. The number of halogens is 5. The number of hydrogen-bond donors (Lipinski definition) is 1. The second-order valence-electron chi connectivity index (χ2n) is 5.73. The molecule has 140 valence electrons. The number of benzene rings is 2. The van der Waals surface area contributed by atoms with E-state index in [-0.39, 0.29) is 17.0 Å². The molecule has 0 aliphatic carbocycles. The fourth-order valence-corrected chi connectivity index (χ4v) is 2.71. The molecule has 1 aromatic heterocycles. The van der Waals surface area contributed by atoms with Gasteiger partial charge in [0, 0.05) is 11.3 Å². The molecule has 0 saturated heterocycles. The number of furan rings is 1. The van der Waals surface area contributed by atoms with Crippen LogP contribution in [0.15, 0.2) is 52.9 Å². The third kappa shape index (κ3) is 4.14. The molecule has 3 aromatic rings. The Morgan fingerprint density at radius 2 is 1.74 bits per heavy atom. The first-order chi connectivity index (χ1) is 12.6. The van der Waals surface area contributed by atoms with Gasteiger partial charge in [-0.1, -0.05) is 11.6 Å². The van der Waals surface area contributed by atoms with E-state index in [1.165, 1.54) is 36.4 Å². The van der Waals surface area contributed by atoms with Crippen molar-refractivity contribution >= 4 is 23.2 Å². The summed E-state index contributed by atoms with van der Waals surface area (Å²) in [6.45, 7) is 1.55. The Kier molecular flexibility index (Phi) is 4.97. The van der Waals surface area contributed by atoms with Crippen LogP contribution in [0.25, 0.3) is 11.3 Å². The molecule has 0 spiro atoms. The molecule has 0 atom stereocenters. The molecule has 1 amide bonds. The molecular formula is C19H12ClF4NO2. The number of carbonyl (C=O) groups excluding carboxylic acids is 1. The maximum atomic E-state index is 13.0. The summed E-state index contributed by atoms with van der Waals surface area (Å²) in [4.78, 5) is 12.4. The molecule has 1 N–H and O–H groups in total. The summed E-state index contributed by atoms with van der Waals surface area (Å²) in [5, 5.41) is 1.94. The van der Waals surface area contributed by atoms with Gasteiger partial charge in [0.15, 0.2) is 0 Å². The molecule has 0 radical (unpaired) electrons. The van der Waals surface area contributed by atoms with Gasteiger partial charge in [0.25, 0.3) is 5.91 Å². The van der Waals surface area contributed by atoms with Crippen LogP contribution in [-0.4, -0.2) is 5.91 Å². The minimum absolute atomic E-state index is 0.0549. The van der Waals surface area contributed by atoms with Gasteiger partial charge in [-0.15, -0.1) is 0 Å². The van der Waals surface area contributed by atoms with E-state index >= 15 is 0 Å². The minimum Gasteiger partial charge on any atom is -0.461 e. The summed E-state index contributed by atoms with van der Waals surface area (Å²) in [6, 6.07) is 10.0.